The van der Waals surface area contributed by atoms with Crippen LogP contribution in [-0.2, 0) is 41.6 Å². The number of carbonyl (C=O) groups is 1. The molecule has 3 aromatic carbocycles. The molecule has 4 heterocycles. The van der Waals surface area contributed by atoms with Gasteiger partial charge < -0.3 is 66.0 Å². The number of carbonyl (C=O) groups excluding carboxylic acids is 1. The minimum absolute atomic E-state index is 0.0196. The summed E-state index contributed by atoms with van der Waals surface area (Å²) in [6.45, 7) is 4.49. The van der Waals surface area contributed by atoms with Crippen LogP contribution >= 0.6 is 21.6 Å². The van der Waals surface area contributed by atoms with E-state index in [-0.39, 0.29) is 109 Å². The SMILES string of the molecule is CNC[C@@H]1CC[C@]2(CC[C@]3(CC[C@H]4C[C@@H]([C@H](CO)OC)CC[C@H]5C#C[C@@H]6NC(N)=N[C@H](C(C)C)CSSC[C@H]6[C@@H]6Cc7c8cc(c(c7O[C@H]6O)OCN[C@]45C3)CC#Cc3c(ccc(O)c3OCO)CCC(=O)C[C@H](O)CC8)C2)Cc2ccc(O)cc21. The molecule has 466 valence electrons. The average Bonchev–Trinajstić information content (AvgIpc) is 1.54. The second-order valence-electron chi connectivity index (χ2n) is 26.8. The Kier molecular flexibility index (Phi) is 19.8. The lowest BCUT2D eigenvalue weighted by Gasteiger charge is -2.54. The number of ketones is 1. The zero-order valence-electron chi connectivity index (χ0n) is 50.6. The third-order valence-corrected chi connectivity index (χ3v) is 23.8. The van der Waals surface area contributed by atoms with Crippen molar-refractivity contribution in [1.82, 2.24) is 16.0 Å². The van der Waals surface area contributed by atoms with Gasteiger partial charge in [-0.25, -0.2) is 4.99 Å². The van der Waals surface area contributed by atoms with Gasteiger partial charge in [-0.3, -0.25) is 10.1 Å². The molecule has 18 heteroatoms. The van der Waals surface area contributed by atoms with Gasteiger partial charge in [-0.05, 0) is 185 Å². The number of Topliss-reactive ketones (excluding diaryl/α,β-unsaturated/α-hetero) is 1. The summed E-state index contributed by atoms with van der Waals surface area (Å²) in [5.74, 6) is 17.0. The normalized spacial score (nSPS) is 33.4. The van der Waals surface area contributed by atoms with Crippen LogP contribution < -0.4 is 35.9 Å². The Balaban J connectivity index is 1.07. The summed E-state index contributed by atoms with van der Waals surface area (Å²) in [7, 11) is 7.26. The van der Waals surface area contributed by atoms with Crippen molar-refractivity contribution in [3.05, 3.63) is 75.3 Å². The summed E-state index contributed by atoms with van der Waals surface area (Å²) in [6.07, 6.45) is 10.8. The highest BCUT2D eigenvalue weighted by Crippen LogP contribution is 2.65. The van der Waals surface area contributed by atoms with Crippen LogP contribution in [0.3, 0.4) is 0 Å². The van der Waals surface area contributed by atoms with E-state index < -0.39 is 36.7 Å². The number of rotatable bonds is 8. The van der Waals surface area contributed by atoms with Crippen molar-refractivity contribution < 1.29 is 54.4 Å². The van der Waals surface area contributed by atoms with E-state index in [4.69, 9.17) is 29.7 Å². The van der Waals surface area contributed by atoms with E-state index in [9.17, 15) is 35.4 Å². The zero-order chi connectivity index (χ0) is 60.3. The number of nitrogens with two attached hydrogens (primary N) is 1. The molecule has 4 aliphatic heterocycles. The van der Waals surface area contributed by atoms with E-state index in [2.05, 4.69) is 65.6 Å². The summed E-state index contributed by atoms with van der Waals surface area (Å²) < 4.78 is 25.9. The predicted molar refractivity (Wildman–Crippen MR) is 336 cm³/mol. The fourth-order valence-corrected chi connectivity index (χ4v) is 19.7. The summed E-state index contributed by atoms with van der Waals surface area (Å²) in [5, 5.41) is 78.3. The van der Waals surface area contributed by atoms with Crippen molar-refractivity contribution >= 4 is 33.3 Å². The lowest BCUT2D eigenvalue weighted by Crippen LogP contribution is -2.62. The fraction of sp³-hybridized carbons (Fsp3) is 0.647. The van der Waals surface area contributed by atoms with Crippen LogP contribution in [0.2, 0.25) is 0 Å². The third-order valence-electron chi connectivity index (χ3n) is 21.3. The number of benzene rings is 3. The van der Waals surface area contributed by atoms with Crippen LogP contribution in [-0.4, -0.2) is 131 Å². The first-order valence-corrected chi connectivity index (χ1v) is 34.2. The van der Waals surface area contributed by atoms with Crippen LogP contribution in [0.5, 0.6) is 28.7 Å². The monoisotopic (exact) mass is 1220 g/mol. The lowest BCUT2D eigenvalue weighted by molar-refractivity contribution is -0.121. The molecule has 3 spiro atoms. The smallest absolute Gasteiger partial charge is 0.201 e. The minimum atomic E-state index is -1.28. The molecule has 0 saturated heterocycles. The Hall–Kier alpha value is -4.86. The largest absolute Gasteiger partial charge is 0.508 e. The Morgan fingerprint density at radius 1 is 0.884 bits per heavy atom. The fourth-order valence-electron chi connectivity index (χ4n) is 16.8. The third kappa shape index (κ3) is 13.2. The Labute approximate surface area is 516 Å². The summed E-state index contributed by atoms with van der Waals surface area (Å²) in [4.78, 5) is 18.6. The number of guanidine groups is 1. The average molecular weight is 1220 g/mol. The first-order chi connectivity index (χ1) is 41.6. The molecule has 5 aliphatic carbocycles. The van der Waals surface area contributed by atoms with Crippen LogP contribution in [0, 0.1) is 70.0 Å². The molecule has 0 unspecified atom stereocenters. The minimum Gasteiger partial charge on any atom is -0.508 e. The number of hydrogen-bond donors (Lipinski definition) is 10. The number of phenols is 2. The molecule has 3 aromatic rings. The van der Waals surface area contributed by atoms with Gasteiger partial charge in [-0.1, -0.05) is 77.3 Å². The first kappa shape index (κ1) is 62.7. The van der Waals surface area contributed by atoms with E-state index >= 15 is 0 Å². The van der Waals surface area contributed by atoms with Crippen molar-refractivity contribution in [1.29, 1.82) is 0 Å². The number of fused-ring (bicyclic) bond motifs is 7. The summed E-state index contributed by atoms with van der Waals surface area (Å²) >= 11 is 0. The predicted octanol–water partition coefficient (Wildman–Crippen LogP) is 7.80. The number of nitrogens with one attached hydrogen (secondary N) is 3. The molecule has 12 rings (SSSR count). The second-order valence-corrected chi connectivity index (χ2v) is 29.4. The van der Waals surface area contributed by atoms with Gasteiger partial charge in [0.2, 0.25) is 6.29 Å². The molecule has 16 nitrogen and oxygen atoms in total. The van der Waals surface area contributed by atoms with Gasteiger partial charge in [0.1, 0.15) is 18.3 Å². The van der Waals surface area contributed by atoms with Crippen molar-refractivity contribution in [3.63, 3.8) is 0 Å². The summed E-state index contributed by atoms with van der Waals surface area (Å²) in [5.41, 5.74) is 12.6. The van der Waals surface area contributed by atoms with Gasteiger partial charge in [0.25, 0.3) is 0 Å². The highest BCUT2D eigenvalue weighted by Gasteiger charge is 2.60. The molecule has 11 N–H and O–H groups in total. The zero-order valence-corrected chi connectivity index (χ0v) is 52.3. The van der Waals surface area contributed by atoms with Gasteiger partial charge in [0.15, 0.2) is 35.8 Å². The molecule has 0 aromatic heterocycles. The lowest BCUT2D eigenvalue weighted by atomic mass is 9.55. The maximum Gasteiger partial charge on any atom is 0.201 e. The number of likely N-dealkylation sites (N-methyl/N-ethyl adjacent to an activating group) is 1. The molecule has 0 amide bonds. The Bertz CT molecular complexity index is 3100. The highest BCUT2D eigenvalue weighted by atomic mass is 33.1. The van der Waals surface area contributed by atoms with Crippen molar-refractivity contribution in [3.8, 4) is 52.4 Å². The van der Waals surface area contributed by atoms with Crippen LogP contribution in [0.1, 0.15) is 149 Å². The number of aliphatic hydroxyl groups is 4. The number of aliphatic imine (C=N–C) groups is 1. The van der Waals surface area contributed by atoms with Crippen LogP contribution in [0.4, 0.5) is 0 Å². The Morgan fingerprint density at radius 2 is 1.70 bits per heavy atom. The standard InChI is InChI=1S/C68H91N5O11S2/c1-40(2)58-35-86-85-34-56-55-30-54-42-10-16-50(77)28-49(76)15-9-41-12-19-59(79)62(83-39-75)52(41)7-5-6-44(26-42)61(63(54)84-64(55)80)82-38-71-68-37-67(25-24-66(36-67)22-20-46(32-70-3)53-29-51(78)17-11-45(53)31-66)23-21-48(68)27-43(60(33-74)81-4)8-13-47(68)14-18-57(56)72-65(69)73-58/h11-12,17,19,26,29,40,43,46-48,50,55-58,60,64,70-71,74-75,77-80H,6,8-10,13,15-16,20-25,27-28,30-39H2,1-4H3,(H3,69,72,73)/t43-,46-,47-,48-,50+,55-,56-,57-,58-,60-,64+,66-,67+,68-/m0/s1. The second kappa shape index (κ2) is 27.1. The van der Waals surface area contributed by atoms with E-state index in [1.165, 1.54) is 17.2 Å². The van der Waals surface area contributed by atoms with Crippen LogP contribution in [0.15, 0.2) is 41.4 Å². The highest BCUT2D eigenvalue weighted by molar-refractivity contribution is 8.76. The van der Waals surface area contributed by atoms with Gasteiger partial charge in [-0.2, -0.15) is 0 Å². The number of methoxy groups -OCH3 is 1. The van der Waals surface area contributed by atoms with Crippen LogP contribution in [0.25, 0.3) is 0 Å². The van der Waals surface area contributed by atoms with E-state index in [1.807, 2.05) is 19.2 Å². The van der Waals surface area contributed by atoms with E-state index in [0.717, 1.165) is 100 Å². The maximum absolute atomic E-state index is 13.5. The van der Waals surface area contributed by atoms with Crippen molar-refractivity contribution in [2.24, 2.45) is 57.1 Å². The molecule has 3 saturated carbocycles. The number of aliphatic hydroxyl groups excluding tert-OH is 4. The first-order valence-electron chi connectivity index (χ1n) is 31.7. The molecule has 6 bridgehead atoms. The van der Waals surface area contributed by atoms with Gasteiger partial charge in [0, 0.05) is 78.8 Å². The van der Waals surface area contributed by atoms with E-state index in [0.29, 0.717) is 70.8 Å². The number of hydrogen-bond acceptors (Lipinski definition) is 18. The van der Waals surface area contributed by atoms with Crippen molar-refractivity contribution in [2.75, 3.05) is 52.3 Å². The molecular weight excluding hydrogens is 1130 g/mol. The maximum atomic E-state index is 13.5. The number of phenolic OH excluding ortho intramolecular Hbond substituents is 2. The Morgan fingerprint density at radius 3 is 2.50 bits per heavy atom. The molecule has 14 atom stereocenters. The van der Waals surface area contributed by atoms with Crippen molar-refractivity contribution in [2.45, 2.75) is 178 Å². The van der Waals surface area contributed by atoms with Gasteiger partial charge in [-0.15, -0.1) is 0 Å². The summed E-state index contributed by atoms with van der Waals surface area (Å²) in [6, 6.07) is 10.8. The number of ether oxygens (including phenoxy) is 4. The van der Waals surface area contributed by atoms with E-state index in [1.54, 1.807) is 34.8 Å². The van der Waals surface area contributed by atoms with Gasteiger partial charge in [0.05, 0.1) is 36.5 Å². The quantitative estimate of drug-likeness (QED) is 0.0587. The molecule has 86 heavy (non-hydrogen) atoms. The number of aryl methyl sites for hydroxylation is 2. The molecule has 0 radical (unpaired) electrons. The molecule has 9 aliphatic rings. The number of aromatic hydroxyl groups is 2. The van der Waals surface area contributed by atoms with Gasteiger partial charge >= 0.3 is 0 Å². The molecule has 3 fully saturated rings. The molecular formula is C68H91N5O11S2. The number of nitrogens with zero attached hydrogens (tertiary/aromatic N) is 1. The topological polar surface area (TPSA) is 250 Å².